The highest BCUT2D eigenvalue weighted by atomic mass is 127. The van der Waals surface area contributed by atoms with Crippen LogP contribution in [0.2, 0.25) is 0 Å². The summed E-state index contributed by atoms with van der Waals surface area (Å²) in [5, 5.41) is 6.75. The third-order valence-corrected chi connectivity index (χ3v) is 5.13. The van der Waals surface area contributed by atoms with E-state index in [1.165, 1.54) is 0 Å². The number of nitrogens with zero attached hydrogens (tertiary/aromatic N) is 3. The first-order valence-corrected chi connectivity index (χ1v) is 10.2. The summed E-state index contributed by atoms with van der Waals surface area (Å²) in [7, 11) is 0. The number of halogens is 1. The molecule has 0 aromatic rings. The first-order valence-electron chi connectivity index (χ1n) is 10.2. The van der Waals surface area contributed by atoms with Crippen LogP contribution in [0.1, 0.15) is 40.0 Å². The van der Waals surface area contributed by atoms with Gasteiger partial charge in [0, 0.05) is 51.7 Å². The first kappa shape index (κ1) is 24.4. The SMILES string of the molecule is CCNC(=NCC(C(C)C)N1CCOCC1)NCCCN1CCCC1=O.I. The molecule has 0 aliphatic carbocycles. The van der Waals surface area contributed by atoms with Crippen LogP contribution in [0.25, 0.3) is 0 Å². The van der Waals surface area contributed by atoms with Gasteiger partial charge in [-0.25, -0.2) is 0 Å². The molecule has 7 nitrogen and oxygen atoms in total. The van der Waals surface area contributed by atoms with Crippen molar-refractivity contribution < 1.29 is 9.53 Å². The molecule has 2 fully saturated rings. The number of aliphatic imine (C=N–C) groups is 1. The number of morpholine rings is 1. The van der Waals surface area contributed by atoms with Gasteiger partial charge in [0.15, 0.2) is 5.96 Å². The standard InChI is InChI=1S/C19H37N5O2.HI/c1-4-20-19(21-8-6-10-24-9-5-7-18(24)25)22-15-17(16(2)3)23-11-13-26-14-12-23;/h16-17H,4-15H2,1-3H3,(H2,20,21,22);1H. The molecule has 158 valence electrons. The van der Waals surface area contributed by atoms with Crippen molar-refractivity contribution in [3.63, 3.8) is 0 Å². The van der Waals surface area contributed by atoms with Crippen LogP contribution in [0.15, 0.2) is 4.99 Å². The van der Waals surface area contributed by atoms with Gasteiger partial charge in [0.1, 0.15) is 0 Å². The quantitative estimate of drug-likeness (QED) is 0.220. The molecule has 27 heavy (non-hydrogen) atoms. The van der Waals surface area contributed by atoms with E-state index in [2.05, 4.69) is 36.3 Å². The molecule has 2 rings (SSSR count). The minimum atomic E-state index is 0. The second-order valence-electron chi connectivity index (χ2n) is 7.44. The van der Waals surface area contributed by atoms with Crippen LogP contribution in [-0.4, -0.2) is 86.7 Å². The molecule has 0 saturated carbocycles. The predicted molar refractivity (Wildman–Crippen MR) is 121 cm³/mol. The molecule has 2 saturated heterocycles. The highest BCUT2D eigenvalue weighted by Gasteiger charge is 2.23. The van der Waals surface area contributed by atoms with Crippen molar-refractivity contribution in [1.82, 2.24) is 20.4 Å². The van der Waals surface area contributed by atoms with Gasteiger partial charge in [0.2, 0.25) is 5.91 Å². The Labute approximate surface area is 181 Å². The Balaban J connectivity index is 0.00000364. The lowest BCUT2D eigenvalue weighted by Crippen LogP contribution is -2.48. The Morgan fingerprint density at radius 3 is 2.56 bits per heavy atom. The fourth-order valence-corrected chi connectivity index (χ4v) is 3.60. The van der Waals surface area contributed by atoms with E-state index in [9.17, 15) is 4.79 Å². The van der Waals surface area contributed by atoms with Crippen molar-refractivity contribution in [3.05, 3.63) is 0 Å². The zero-order valence-corrected chi connectivity index (χ0v) is 19.5. The van der Waals surface area contributed by atoms with Crippen LogP contribution >= 0.6 is 24.0 Å². The number of carbonyl (C=O) groups excluding carboxylic acids is 1. The van der Waals surface area contributed by atoms with E-state index >= 15 is 0 Å². The number of rotatable bonds is 9. The Morgan fingerprint density at radius 2 is 1.96 bits per heavy atom. The molecule has 0 spiro atoms. The van der Waals surface area contributed by atoms with Crippen molar-refractivity contribution in [2.75, 3.05) is 59.0 Å². The number of hydrogen-bond donors (Lipinski definition) is 2. The van der Waals surface area contributed by atoms with Crippen LogP contribution in [0.4, 0.5) is 0 Å². The van der Waals surface area contributed by atoms with E-state index in [4.69, 9.17) is 9.73 Å². The fraction of sp³-hybridized carbons (Fsp3) is 0.895. The summed E-state index contributed by atoms with van der Waals surface area (Å²) in [5.74, 6) is 1.73. The Hall–Kier alpha value is -0.610. The Bertz CT molecular complexity index is 455. The number of carbonyl (C=O) groups is 1. The molecule has 2 aliphatic heterocycles. The van der Waals surface area contributed by atoms with E-state index in [0.717, 1.165) is 84.2 Å². The summed E-state index contributed by atoms with van der Waals surface area (Å²) in [4.78, 5) is 20.9. The number of ether oxygens (including phenoxy) is 1. The molecule has 0 aromatic carbocycles. The fourth-order valence-electron chi connectivity index (χ4n) is 3.60. The molecule has 0 bridgehead atoms. The largest absolute Gasteiger partial charge is 0.379 e. The maximum absolute atomic E-state index is 11.7. The van der Waals surface area contributed by atoms with Gasteiger partial charge >= 0.3 is 0 Å². The minimum Gasteiger partial charge on any atom is -0.379 e. The minimum absolute atomic E-state index is 0. The van der Waals surface area contributed by atoms with E-state index < -0.39 is 0 Å². The van der Waals surface area contributed by atoms with Gasteiger partial charge < -0.3 is 20.3 Å². The molecule has 8 heteroatoms. The van der Waals surface area contributed by atoms with Crippen LogP contribution < -0.4 is 10.6 Å². The molecular weight excluding hydrogens is 457 g/mol. The van der Waals surface area contributed by atoms with Gasteiger partial charge in [0.25, 0.3) is 0 Å². The Kier molecular flexibility index (Phi) is 12.3. The normalized spacial score (nSPS) is 19.9. The molecule has 2 heterocycles. The average Bonchev–Trinajstić information content (AvgIpc) is 3.04. The third-order valence-electron chi connectivity index (χ3n) is 5.13. The molecule has 0 aromatic heterocycles. The second kappa shape index (κ2) is 13.5. The van der Waals surface area contributed by atoms with Gasteiger partial charge in [-0.1, -0.05) is 13.8 Å². The van der Waals surface area contributed by atoms with E-state index in [1.807, 2.05) is 4.90 Å². The molecule has 2 N–H and O–H groups in total. The zero-order valence-electron chi connectivity index (χ0n) is 17.2. The molecule has 1 unspecified atom stereocenters. The molecule has 0 radical (unpaired) electrons. The van der Waals surface area contributed by atoms with Gasteiger partial charge in [-0.05, 0) is 25.7 Å². The van der Waals surface area contributed by atoms with E-state index in [-0.39, 0.29) is 24.0 Å². The van der Waals surface area contributed by atoms with Crippen molar-refractivity contribution in [3.8, 4) is 0 Å². The smallest absolute Gasteiger partial charge is 0.222 e. The van der Waals surface area contributed by atoms with Crippen molar-refractivity contribution in [1.29, 1.82) is 0 Å². The first-order chi connectivity index (χ1) is 12.6. The maximum Gasteiger partial charge on any atom is 0.222 e. The summed E-state index contributed by atoms with van der Waals surface area (Å²) >= 11 is 0. The van der Waals surface area contributed by atoms with Gasteiger partial charge in [-0.2, -0.15) is 0 Å². The van der Waals surface area contributed by atoms with Gasteiger partial charge in [0.05, 0.1) is 19.8 Å². The summed E-state index contributed by atoms with van der Waals surface area (Å²) in [5.41, 5.74) is 0. The number of nitrogens with one attached hydrogen (secondary N) is 2. The van der Waals surface area contributed by atoms with Crippen molar-refractivity contribution in [2.24, 2.45) is 10.9 Å². The lowest BCUT2D eigenvalue weighted by atomic mass is 10.0. The zero-order chi connectivity index (χ0) is 18.8. The van der Waals surface area contributed by atoms with Crippen LogP contribution in [0, 0.1) is 5.92 Å². The highest BCUT2D eigenvalue weighted by Crippen LogP contribution is 2.13. The van der Waals surface area contributed by atoms with Crippen molar-refractivity contribution >= 4 is 35.8 Å². The third kappa shape index (κ3) is 8.51. The number of guanidine groups is 1. The lowest BCUT2D eigenvalue weighted by molar-refractivity contribution is -0.127. The highest BCUT2D eigenvalue weighted by molar-refractivity contribution is 14.0. The molecule has 1 atom stereocenters. The number of hydrogen-bond acceptors (Lipinski definition) is 4. The number of amides is 1. The van der Waals surface area contributed by atoms with E-state index in [0.29, 0.717) is 17.9 Å². The summed E-state index contributed by atoms with van der Waals surface area (Å²) in [6.45, 7) is 14.5. The topological polar surface area (TPSA) is 69.2 Å². The Morgan fingerprint density at radius 1 is 1.22 bits per heavy atom. The molecule has 1 amide bonds. The summed E-state index contributed by atoms with van der Waals surface area (Å²) in [6, 6.07) is 0.441. The second-order valence-corrected chi connectivity index (χ2v) is 7.44. The number of likely N-dealkylation sites (tertiary alicyclic amines) is 1. The summed E-state index contributed by atoms with van der Waals surface area (Å²) < 4.78 is 5.48. The van der Waals surface area contributed by atoms with E-state index in [1.54, 1.807) is 0 Å². The molecule has 2 aliphatic rings. The monoisotopic (exact) mass is 495 g/mol. The average molecular weight is 495 g/mol. The van der Waals surface area contributed by atoms with Crippen LogP contribution in [0.3, 0.4) is 0 Å². The van der Waals surface area contributed by atoms with Crippen LogP contribution in [-0.2, 0) is 9.53 Å². The van der Waals surface area contributed by atoms with Crippen molar-refractivity contribution in [2.45, 2.75) is 46.1 Å². The van der Waals surface area contributed by atoms with Gasteiger partial charge in [-0.3, -0.25) is 14.7 Å². The van der Waals surface area contributed by atoms with Gasteiger partial charge in [-0.15, -0.1) is 24.0 Å². The lowest BCUT2D eigenvalue weighted by Gasteiger charge is -2.36. The summed E-state index contributed by atoms with van der Waals surface area (Å²) in [6.07, 6.45) is 2.68. The predicted octanol–water partition coefficient (Wildman–Crippen LogP) is 1.53. The van der Waals surface area contributed by atoms with Crippen LogP contribution in [0.5, 0.6) is 0 Å². The maximum atomic E-state index is 11.7. The molecular formula is C19H38IN5O2.